The highest BCUT2D eigenvalue weighted by Crippen LogP contribution is 2.27. The molecule has 0 bridgehead atoms. The minimum atomic E-state index is -1.12. The summed E-state index contributed by atoms with van der Waals surface area (Å²) in [5, 5.41) is 19.8. The fourth-order valence-electron chi connectivity index (χ4n) is 2.47. The average molecular weight is 352 g/mol. The van der Waals surface area contributed by atoms with Crippen molar-refractivity contribution in [3.8, 4) is 0 Å². The van der Waals surface area contributed by atoms with Crippen LogP contribution in [-0.2, 0) is 10.4 Å². The van der Waals surface area contributed by atoms with E-state index in [9.17, 15) is 9.90 Å². The number of aliphatic hydroxyl groups is 1. The summed E-state index contributed by atoms with van der Waals surface area (Å²) in [5.74, 6) is 2.05. The van der Waals surface area contributed by atoms with Crippen molar-refractivity contribution in [1.29, 1.82) is 0 Å². The molecule has 0 aliphatic rings. The van der Waals surface area contributed by atoms with Crippen LogP contribution in [0.5, 0.6) is 0 Å². The van der Waals surface area contributed by atoms with E-state index < -0.39 is 5.60 Å². The summed E-state index contributed by atoms with van der Waals surface area (Å²) in [6, 6.07) is 1.84. The molecule has 0 saturated carbocycles. The highest BCUT2D eigenvalue weighted by Gasteiger charge is 2.27. The molecule has 0 aromatic carbocycles. The molecule has 25 heavy (non-hydrogen) atoms. The summed E-state index contributed by atoms with van der Waals surface area (Å²) < 4.78 is 5.49. The predicted molar refractivity (Wildman–Crippen MR) is 99.7 cm³/mol. The summed E-state index contributed by atoms with van der Waals surface area (Å²) in [7, 11) is 0. The molecule has 1 atom stereocenters. The van der Waals surface area contributed by atoms with Gasteiger partial charge < -0.3 is 25.5 Å². The number of carbonyl (C=O) groups excluding carboxylic acids is 1. The van der Waals surface area contributed by atoms with Crippen molar-refractivity contribution in [3.05, 3.63) is 23.2 Å². The molecule has 7 nitrogen and oxygen atoms in total. The Hall–Kier alpha value is -2.02. The molecule has 0 aliphatic heterocycles. The van der Waals surface area contributed by atoms with Crippen LogP contribution in [0.15, 0.2) is 15.5 Å². The van der Waals surface area contributed by atoms with Gasteiger partial charge in [0.2, 0.25) is 5.91 Å². The lowest BCUT2D eigenvalue weighted by Crippen LogP contribution is -2.40. The second-order valence-corrected chi connectivity index (χ2v) is 6.32. The van der Waals surface area contributed by atoms with E-state index in [0.717, 1.165) is 17.7 Å². The van der Waals surface area contributed by atoms with Gasteiger partial charge in [-0.05, 0) is 40.2 Å². The van der Waals surface area contributed by atoms with Crippen molar-refractivity contribution >= 4 is 11.9 Å². The van der Waals surface area contributed by atoms with Crippen LogP contribution in [0, 0.1) is 13.8 Å². The highest BCUT2D eigenvalue weighted by molar-refractivity contribution is 5.81. The Morgan fingerprint density at radius 3 is 2.52 bits per heavy atom. The summed E-state index contributed by atoms with van der Waals surface area (Å²) in [4.78, 5) is 16.1. The molecule has 0 fully saturated rings. The van der Waals surface area contributed by atoms with Crippen molar-refractivity contribution < 1.29 is 14.3 Å². The molecule has 0 aliphatic carbocycles. The van der Waals surface area contributed by atoms with Crippen molar-refractivity contribution in [2.75, 3.05) is 26.2 Å². The fourth-order valence-corrected chi connectivity index (χ4v) is 2.47. The Labute approximate surface area is 150 Å². The van der Waals surface area contributed by atoms with Gasteiger partial charge in [-0.3, -0.25) is 4.79 Å². The number of nitrogens with zero attached hydrogens (tertiary/aromatic N) is 1. The summed E-state index contributed by atoms with van der Waals surface area (Å²) in [6.45, 7) is 11.4. The van der Waals surface area contributed by atoms with E-state index in [1.165, 1.54) is 0 Å². The van der Waals surface area contributed by atoms with Gasteiger partial charge in [0.1, 0.15) is 17.1 Å². The number of rotatable bonds is 9. The predicted octanol–water partition coefficient (Wildman–Crippen LogP) is 1.58. The maximum atomic E-state index is 11.6. The van der Waals surface area contributed by atoms with Crippen LogP contribution in [0.3, 0.4) is 0 Å². The molecule has 7 heteroatoms. The third-order valence-corrected chi connectivity index (χ3v) is 3.73. The molecule has 0 saturated heterocycles. The van der Waals surface area contributed by atoms with Gasteiger partial charge in [0.25, 0.3) is 0 Å². The normalized spacial score (nSPS) is 14.1. The molecule has 1 rings (SSSR count). The first kappa shape index (κ1) is 21.0. The molecule has 1 unspecified atom stereocenters. The molecular formula is C18H32N4O3. The summed E-state index contributed by atoms with van der Waals surface area (Å²) >= 11 is 0. The van der Waals surface area contributed by atoms with Gasteiger partial charge in [0.15, 0.2) is 5.96 Å². The lowest BCUT2D eigenvalue weighted by Gasteiger charge is -2.21. The van der Waals surface area contributed by atoms with E-state index in [0.29, 0.717) is 37.8 Å². The summed E-state index contributed by atoms with van der Waals surface area (Å²) in [6.07, 6.45) is 1.30. The van der Waals surface area contributed by atoms with Gasteiger partial charge >= 0.3 is 0 Å². The minimum Gasteiger partial charge on any atom is -0.466 e. The molecular weight excluding hydrogens is 320 g/mol. The monoisotopic (exact) mass is 352 g/mol. The number of furan rings is 1. The van der Waals surface area contributed by atoms with E-state index in [1.54, 1.807) is 6.92 Å². The lowest BCUT2D eigenvalue weighted by atomic mass is 9.96. The van der Waals surface area contributed by atoms with Crippen molar-refractivity contribution in [2.45, 2.75) is 53.1 Å². The molecule has 0 spiro atoms. The van der Waals surface area contributed by atoms with Crippen molar-refractivity contribution in [3.63, 3.8) is 0 Å². The van der Waals surface area contributed by atoms with Crippen LogP contribution in [0.25, 0.3) is 0 Å². The minimum absolute atomic E-state index is 0.0155. The van der Waals surface area contributed by atoms with E-state index in [-0.39, 0.29) is 12.5 Å². The maximum Gasteiger partial charge on any atom is 0.221 e. The van der Waals surface area contributed by atoms with Gasteiger partial charge in [-0.15, -0.1) is 0 Å². The third kappa shape index (κ3) is 7.17. The van der Waals surface area contributed by atoms with Gasteiger partial charge in [-0.2, -0.15) is 0 Å². The van der Waals surface area contributed by atoms with Crippen LogP contribution in [0.2, 0.25) is 0 Å². The quantitative estimate of drug-likeness (QED) is 0.399. The number of aliphatic imine (C=N–C) groups is 1. The Balaban J connectivity index is 2.62. The Morgan fingerprint density at radius 2 is 1.96 bits per heavy atom. The van der Waals surface area contributed by atoms with Crippen LogP contribution in [0.1, 0.15) is 50.7 Å². The van der Waals surface area contributed by atoms with Crippen LogP contribution in [-0.4, -0.2) is 43.2 Å². The lowest BCUT2D eigenvalue weighted by molar-refractivity contribution is -0.120. The van der Waals surface area contributed by atoms with Crippen molar-refractivity contribution in [1.82, 2.24) is 16.0 Å². The number of guanidine groups is 1. The Morgan fingerprint density at radius 1 is 1.24 bits per heavy atom. The SMILES string of the molecule is CCCNC(=O)CCNC(=NCC(C)(O)c1cc(C)oc1C)NCC. The van der Waals surface area contributed by atoms with Crippen LogP contribution >= 0.6 is 0 Å². The van der Waals surface area contributed by atoms with Crippen LogP contribution < -0.4 is 16.0 Å². The Bertz CT molecular complexity index is 579. The zero-order valence-electron chi connectivity index (χ0n) is 16.0. The fraction of sp³-hybridized carbons (Fsp3) is 0.667. The number of hydrogen-bond acceptors (Lipinski definition) is 4. The molecule has 0 radical (unpaired) electrons. The third-order valence-electron chi connectivity index (χ3n) is 3.73. The zero-order valence-corrected chi connectivity index (χ0v) is 16.0. The first-order valence-electron chi connectivity index (χ1n) is 8.89. The molecule has 1 amide bonds. The number of carbonyl (C=O) groups is 1. The van der Waals surface area contributed by atoms with E-state index in [1.807, 2.05) is 33.8 Å². The average Bonchev–Trinajstić information content (AvgIpc) is 2.90. The van der Waals surface area contributed by atoms with E-state index in [4.69, 9.17) is 4.42 Å². The van der Waals surface area contributed by atoms with Gasteiger partial charge in [-0.25, -0.2) is 4.99 Å². The molecule has 1 aromatic heterocycles. The maximum absolute atomic E-state index is 11.6. The van der Waals surface area contributed by atoms with Gasteiger partial charge in [-0.1, -0.05) is 6.92 Å². The molecule has 142 valence electrons. The second-order valence-electron chi connectivity index (χ2n) is 6.32. The van der Waals surface area contributed by atoms with Gasteiger partial charge in [0, 0.05) is 31.6 Å². The van der Waals surface area contributed by atoms with E-state index >= 15 is 0 Å². The molecule has 4 N–H and O–H groups in total. The number of aryl methyl sites for hydroxylation is 2. The number of amides is 1. The molecule has 1 aromatic rings. The topological polar surface area (TPSA) is 98.9 Å². The highest BCUT2D eigenvalue weighted by atomic mass is 16.3. The number of nitrogens with one attached hydrogen (secondary N) is 3. The van der Waals surface area contributed by atoms with Crippen molar-refractivity contribution in [2.24, 2.45) is 4.99 Å². The van der Waals surface area contributed by atoms with Gasteiger partial charge in [0.05, 0.1) is 6.54 Å². The number of hydrogen-bond donors (Lipinski definition) is 4. The molecule has 1 heterocycles. The zero-order chi connectivity index (χ0) is 18.9. The first-order chi connectivity index (χ1) is 11.8. The van der Waals surface area contributed by atoms with E-state index in [2.05, 4.69) is 20.9 Å². The summed E-state index contributed by atoms with van der Waals surface area (Å²) in [5.41, 5.74) is -0.383. The second kappa shape index (κ2) is 10.1. The standard InChI is InChI=1S/C18H32N4O3/c1-6-9-20-16(23)8-10-21-17(19-7-2)22-12-18(5,24)15-11-13(3)25-14(15)4/h11,24H,6-10,12H2,1-5H3,(H,20,23)(H2,19,21,22). The Kier molecular flexibility index (Phi) is 8.48. The van der Waals surface area contributed by atoms with Crippen LogP contribution in [0.4, 0.5) is 0 Å². The smallest absolute Gasteiger partial charge is 0.221 e. The first-order valence-corrected chi connectivity index (χ1v) is 8.89. The largest absolute Gasteiger partial charge is 0.466 e.